The maximum absolute atomic E-state index is 11.9. The van der Waals surface area contributed by atoms with E-state index in [1.54, 1.807) is 19.9 Å². The Hall–Kier alpha value is -1.84. The lowest BCUT2D eigenvalue weighted by Crippen LogP contribution is -2.11. The summed E-state index contributed by atoms with van der Waals surface area (Å²) in [6.45, 7) is 6.31. The molecule has 0 spiro atoms. The van der Waals surface area contributed by atoms with Crippen molar-refractivity contribution >= 4 is 11.9 Å². The number of benzene rings is 1. The highest BCUT2D eigenvalue weighted by Gasteiger charge is 2.14. The van der Waals surface area contributed by atoms with Crippen molar-refractivity contribution < 1.29 is 19.1 Å². The Balaban J connectivity index is 2.88. The van der Waals surface area contributed by atoms with Crippen LogP contribution in [0.2, 0.25) is 0 Å². The average Bonchev–Trinajstić information content (AvgIpc) is 2.45. The number of esters is 2. The predicted octanol–water partition coefficient (Wildman–Crippen LogP) is 2.92. The molecule has 20 heavy (non-hydrogen) atoms. The Morgan fingerprint density at radius 3 is 2.35 bits per heavy atom. The first-order valence-corrected chi connectivity index (χ1v) is 7.06. The van der Waals surface area contributed by atoms with Crippen LogP contribution in [0.15, 0.2) is 18.2 Å². The number of hydrogen-bond acceptors (Lipinski definition) is 4. The van der Waals surface area contributed by atoms with Crippen LogP contribution in [-0.2, 0) is 27.1 Å². The normalized spacial score (nSPS) is 10.2. The third-order valence-electron chi connectivity index (χ3n) is 2.98. The molecule has 4 heteroatoms. The van der Waals surface area contributed by atoms with E-state index >= 15 is 0 Å². The molecule has 110 valence electrons. The highest BCUT2D eigenvalue weighted by molar-refractivity contribution is 5.91. The van der Waals surface area contributed by atoms with E-state index in [1.807, 2.05) is 12.1 Å². The maximum atomic E-state index is 11.9. The summed E-state index contributed by atoms with van der Waals surface area (Å²) >= 11 is 0. The van der Waals surface area contributed by atoms with Gasteiger partial charge in [-0.15, -0.1) is 0 Å². The van der Waals surface area contributed by atoms with E-state index in [9.17, 15) is 9.59 Å². The maximum Gasteiger partial charge on any atom is 0.338 e. The summed E-state index contributed by atoms with van der Waals surface area (Å²) < 4.78 is 9.95. The van der Waals surface area contributed by atoms with Gasteiger partial charge in [-0.2, -0.15) is 0 Å². The Morgan fingerprint density at radius 1 is 1.05 bits per heavy atom. The quantitative estimate of drug-likeness (QED) is 0.720. The van der Waals surface area contributed by atoms with Gasteiger partial charge in [0.25, 0.3) is 0 Å². The molecule has 0 heterocycles. The first kappa shape index (κ1) is 16.2. The van der Waals surface area contributed by atoms with E-state index in [1.165, 1.54) is 0 Å². The summed E-state index contributed by atoms with van der Waals surface area (Å²) in [4.78, 5) is 23.3. The van der Waals surface area contributed by atoms with E-state index in [0.717, 1.165) is 17.5 Å². The molecular weight excluding hydrogens is 256 g/mol. The molecule has 4 nitrogen and oxygen atoms in total. The fourth-order valence-electron chi connectivity index (χ4n) is 1.95. The third-order valence-corrected chi connectivity index (χ3v) is 2.98. The van der Waals surface area contributed by atoms with Crippen LogP contribution in [0.3, 0.4) is 0 Å². The standard InChI is InChI=1S/C16H22O4/c1-4-12-7-9-14(16(18)20-6-3)13(11-12)8-10-15(17)19-5-2/h7,9,11H,4-6,8,10H2,1-3H3. The second-order valence-corrected chi connectivity index (χ2v) is 4.37. The molecule has 0 fully saturated rings. The molecule has 0 atom stereocenters. The molecular formula is C16H22O4. The van der Waals surface area contributed by atoms with Gasteiger partial charge in [-0.05, 0) is 43.9 Å². The first-order valence-electron chi connectivity index (χ1n) is 7.06. The van der Waals surface area contributed by atoms with Crippen LogP contribution >= 0.6 is 0 Å². The summed E-state index contributed by atoms with van der Waals surface area (Å²) in [6.07, 6.45) is 1.64. The van der Waals surface area contributed by atoms with Crippen LogP contribution in [-0.4, -0.2) is 25.2 Å². The van der Waals surface area contributed by atoms with Gasteiger partial charge in [-0.3, -0.25) is 4.79 Å². The highest BCUT2D eigenvalue weighted by atomic mass is 16.5. The molecule has 1 aromatic rings. The molecule has 1 aromatic carbocycles. The van der Waals surface area contributed by atoms with Gasteiger partial charge in [-0.1, -0.05) is 19.1 Å². The topological polar surface area (TPSA) is 52.6 Å². The second kappa shape index (κ2) is 8.35. The molecule has 0 aliphatic heterocycles. The van der Waals surface area contributed by atoms with Crippen LogP contribution in [0.5, 0.6) is 0 Å². The molecule has 1 rings (SSSR count). The monoisotopic (exact) mass is 278 g/mol. The fourth-order valence-corrected chi connectivity index (χ4v) is 1.95. The molecule has 0 bridgehead atoms. The van der Waals surface area contributed by atoms with Crippen LogP contribution in [0.4, 0.5) is 0 Å². The van der Waals surface area contributed by atoms with Gasteiger partial charge in [0.15, 0.2) is 0 Å². The van der Waals surface area contributed by atoms with Crippen LogP contribution < -0.4 is 0 Å². The van der Waals surface area contributed by atoms with Gasteiger partial charge in [0.1, 0.15) is 0 Å². The SMILES string of the molecule is CCOC(=O)CCc1cc(CC)ccc1C(=O)OCC. The van der Waals surface area contributed by atoms with Crippen molar-refractivity contribution in [2.24, 2.45) is 0 Å². The molecule has 0 unspecified atom stereocenters. The van der Waals surface area contributed by atoms with Crippen molar-refractivity contribution in [1.29, 1.82) is 0 Å². The Bertz CT molecular complexity index is 466. The lowest BCUT2D eigenvalue weighted by molar-refractivity contribution is -0.143. The van der Waals surface area contributed by atoms with Crippen molar-refractivity contribution in [3.05, 3.63) is 34.9 Å². The van der Waals surface area contributed by atoms with E-state index < -0.39 is 0 Å². The molecule has 0 saturated heterocycles. The lowest BCUT2D eigenvalue weighted by atomic mass is 9.99. The van der Waals surface area contributed by atoms with Crippen molar-refractivity contribution in [1.82, 2.24) is 0 Å². The van der Waals surface area contributed by atoms with E-state index in [4.69, 9.17) is 9.47 Å². The Labute approximate surface area is 120 Å². The molecule has 0 N–H and O–H groups in total. The number of hydrogen-bond donors (Lipinski definition) is 0. The average molecular weight is 278 g/mol. The van der Waals surface area contributed by atoms with Gasteiger partial charge in [0.2, 0.25) is 0 Å². The largest absolute Gasteiger partial charge is 0.466 e. The van der Waals surface area contributed by atoms with Crippen molar-refractivity contribution in [3.63, 3.8) is 0 Å². The van der Waals surface area contributed by atoms with E-state index in [-0.39, 0.29) is 18.4 Å². The zero-order valence-electron chi connectivity index (χ0n) is 12.4. The van der Waals surface area contributed by atoms with Crippen molar-refractivity contribution in [2.75, 3.05) is 13.2 Å². The van der Waals surface area contributed by atoms with E-state index in [0.29, 0.717) is 25.2 Å². The number of carbonyl (C=O) groups excluding carboxylic acids is 2. The molecule has 0 radical (unpaired) electrons. The summed E-state index contributed by atoms with van der Waals surface area (Å²) in [6, 6.07) is 5.66. The minimum absolute atomic E-state index is 0.246. The number of ether oxygens (including phenoxy) is 2. The molecule has 0 aromatic heterocycles. The van der Waals surface area contributed by atoms with Gasteiger partial charge in [0.05, 0.1) is 18.8 Å². The van der Waals surface area contributed by atoms with Gasteiger partial charge in [0, 0.05) is 6.42 Å². The number of carbonyl (C=O) groups is 2. The molecule has 0 aliphatic rings. The smallest absolute Gasteiger partial charge is 0.338 e. The van der Waals surface area contributed by atoms with Gasteiger partial charge >= 0.3 is 11.9 Å². The second-order valence-electron chi connectivity index (χ2n) is 4.37. The minimum atomic E-state index is -0.339. The van der Waals surface area contributed by atoms with Gasteiger partial charge in [-0.25, -0.2) is 4.79 Å². The van der Waals surface area contributed by atoms with Crippen molar-refractivity contribution in [2.45, 2.75) is 40.0 Å². The zero-order chi connectivity index (χ0) is 15.0. The van der Waals surface area contributed by atoms with Crippen LogP contribution in [0.25, 0.3) is 0 Å². The summed E-state index contributed by atoms with van der Waals surface area (Å²) in [7, 11) is 0. The van der Waals surface area contributed by atoms with Crippen LogP contribution in [0.1, 0.15) is 48.7 Å². The van der Waals surface area contributed by atoms with Gasteiger partial charge < -0.3 is 9.47 Å². The summed E-state index contributed by atoms with van der Waals surface area (Å²) in [5.41, 5.74) is 2.51. The Morgan fingerprint density at radius 2 is 1.75 bits per heavy atom. The highest BCUT2D eigenvalue weighted by Crippen LogP contribution is 2.16. The van der Waals surface area contributed by atoms with Crippen LogP contribution in [0, 0.1) is 0 Å². The molecule has 0 saturated carbocycles. The number of aryl methyl sites for hydroxylation is 2. The predicted molar refractivity (Wildman–Crippen MR) is 76.7 cm³/mol. The third kappa shape index (κ3) is 4.68. The minimum Gasteiger partial charge on any atom is -0.466 e. The fraction of sp³-hybridized carbons (Fsp3) is 0.500. The Kier molecular flexibility index (Phi) is 6.77. The first-order chi connectivity index (χ1) is 9.62. The van der Waals surface area contributed by atoms with E-state index in [2.05, 4.69) is 6.92 Å². The molecule has 0 amide bonds. The summed E-state index contributed by atoms with van der Waals surface area (Å²) in [5.74, 6) is -0.585. The van der Waals surface area contributed by atoms with Crippen molar-refractivity contribution in [3.8, 4) is 0 Å². The summed E-state index contributed by atoms with van der Waals surface area (Å²) in [5, 5.41) is 0. The number of rotatable bonds is 7. The zero-order valence-corrected chi connectivity index (χ0v) is 12.4. The lowest BCUT2D eigenvalue weighted by Gasteiger charge is -2.10. The molecule has 0 aliphatic carbocycles.